The minimum atomic E-state index is -0.144. The zero-order valence-electron chi connectivity index (χ0n) is 15.6. The van der Waals surface area contributed by atoms with Gasteiger partial charge in [0.05, 0.1) is 12.5 Å². The van der Waals surface area contributed by atoms with E-state index in [4.69, 9.17) is 0 Å². The van der Waals surface area contributed by atoms with Gasteiger partial charge in [0.2, 0.25) is 5.91 Å². The first kappa shape index (κ1) is 17.9. The van der Waals surface area contributed by atoms with Crippen LogP contribution in [0, 0.1) is 20.8 Å². The minimum absolute atomic E-state index is 0.0353. The number of hydrogen-bond donors (Lipinski definition) is 1. The maximum Gasteiger partial charge on any atom is 0.225 e. The van der Waals surface area contributed by atoms with Crippen LogP contribution in [0.3, 0.4) is 0 Å². The second-order valence-electron chi connectivity index (χ2n) is 6.93. The van der Waals surface area contributed by atoms with E-state index in [9.17, 15) is 4.79 Å². The molecule has 1 N–H and O–H groups in total. The molecule has 3 aromatic carbocycles. The molecule has 0 bridgehead atoms. The second kappa shape index (κ2) is 8.01. The monoisotopic (exact) mass is 343 g/mol. The number of carbonyl (C=O) groups is 1. The molecule has 0 saturated carbocycles. The van der Waals surface area contributed by atoms with E-state index in [-0.39, 0.29) is 11.9 Å². The third-order valence-electron chi connectivity index (χ3n) is 4.70. The van der Waals surface area contributed by atoms with Crippen LogP contribution in [-0.4, -0.2) is 5.91 Å². The van der Waals surface area contributed by atoms with Crippen molar-refractivity contribution in [3.05, 3.63) is 106 Å². The van der Waals surface area contributed by atoms with Crippen LogP contribution in [0.5, 0.6) is 0 Å². The topological polar surface area (TPSA) is 29.1 Å². The van der Waals surface area contributed by atoms with E-state index in [1.165, 1.54) is 11.1 Å². The molecule has 3 aromatic rings. The van der Waals surface area contributed by atoms with Crippen LogP contribution in [-0.2, 0) is 11.2 Å². The van der Waals surface area contributed by atoms with Crippen LogP contribution in [0.2, 0.25) is 0 Å². The maximum absolute atomic E-state index is 12.8. The van der Waals surface area contributed by atoms with Gasteiger partial charge in [-0.15, -0.1) is 0 Å². The van der Waals surface area contributed by atoms with Crippen molar-refractivity contribution in [1.29, 1.82) is 0 Å². The maximum atomic E-state index is 12.8. The Labute approximate surface area is 155 Å². The van der Waals surface area contributed by atoms with Crippen LogP contribution in [0.25, 0.3) is 0 Å². The number of carbonyl (C=O) groups excluding carboxylic acids is 1. The van der Waals surface area contributed by atoms with Gasteiger partial charge in [0, 0.05) is 0 Å². The van der Waals surface area contributed by atoms with E-state index in [2.05, 4.69) is 80.7 Å². The van der Waals surface area contributed by atoms with Crippen LogP contribution < -0.4 is 5.32 Å². The molecular weight excluding hydrogens is 318 g/mol. The molecule has 0 saturated heterocycles. The molecule has 0 aliphatic carbocycles. The van der Waals surface area contributed by atoms with Gasteiger partial charge < -0.3 is 5.32 Å². The number of amides is 1. The third-order valence-corrected chi connectivity index (χ3v) is 4.70. The van der Waals surface area contributed by atoms with E-state index in [0.717, 1.165) is 22.3 Å². The van der Waals surface area contributed by atoms with Crippen LogP contribution in [0.1, 0.15) is 39.4 Å². The summed E-state index contributed by atoms with van der Waals surface area (Å²) in [5.41, 5.74) is 6.80. The average molecular weight is 343 g/mol. The molecule has 26 heavy (non-hydrogen) atoms. The van der Waals surface area contributed by atoms with E-state index in [1.54, 1.807) is 0 Å². The SMILES string of the molecule is Cc1ccc([C@H](NC(=O)Cc2cc(C)ccc2C)c2ccccc2)cc1. The summed E-state index contributed by atoms with van der Waals surface area (Å²) in [6.07, 6.45) is 0.392. The molecule has 0 aromatic heterocycles. The molecule has 0 unspecified atom stereocenters. The summed E-state index contributed by atoms with van der Waals surface area (Å²) in [5.74, 6) is 0.0353. The molecule has 3 rings (SSSR count). The second-order valence-corrected chi connectivity index (χ2v) is 6.93. The van der Waals surface area contributed by atoms with E-state index in [0.29, 0.717) is 6.42 Å². The smallest absolute Gasteiger partial charge is 0.225 e. The van der Waals surface area contributed by atoms with Crippen molar-refractivity contribution in [2.24, 2.45) is 0 Å². The highest BCUT2D eigenvalue weighted by Gasteiger charge is 2.17. The summed E-state index contributed by atoms with van der Waals surface area (Å²) in [5, 5.41) is 3.23. The van der Waals surface area contributed by atoms with Gasteiger partial charge in [-0.1, -0.05) is 83.9 Å². The summed E-state index contributed by atoms with van der Waals surface area (Å²) >= 11 is 0. The van der Waals surface area contributed by atoms with Crippen molar-refractivity contribution < 1.29 is 4.79 Å². The first-order valence-electron chi connectivity index (χ1n) is 9.00. The Morgan fingerprint density at radius 3 is 2.12 bits per heavy atom. The zero-order chi connectivity index (χ0) is 18.5. The summed E-state index contributed by atoms with van der Waals surface area (Å²) in [6.45, 7) is 6.18. The fourth-order valence-corrected chi connectivity index (χ4v) is 3.14. The van der Waals surface area contributed by atoms with Gasteiger partial charge in [0.15, 0.2) is 0 Å². The van der Waals surface area contributed by atoms with Crippen LogP contribution >= 0.6 is 0 Å². The predicted molar refractivity (Wildman–Crippen MR) is 107 cm³/mol. The quantitative estimate of drug-likeness (QED) is 0.689. The Morgan fingerprint density at radius 2 is 1.42 bits per heavy atom. The molecule has 0 radical (unpaired) electrons. The predicted octanol–water partition coefficient (Wildman–Crippen LogP) is 5.06. The number of nitrogens with one attached hydrogen (secondary N) is 1. The van der Waals surface area contributed by atoms with Gasteiger partial charge in [0.1, 0.15) is 0 Å². The van der Waals surface area contributed by atoms with Gasteiger partial charge in [-0.3, -0.25) is 4.79 Å². The number of rotatable bonds is 5. The Kier molecular flexibility index (Phi) is 5.52. The molecule has 0 aliphatic heterocycles. The molecule has 0 spiro atoms. The molecule has 0 fully saturated rings. The van der Waals surface area contributed by atoms with Crippen molar-refractivity contribution in [3.63, 3.8) is 0 Å². The number of aryl methyl sites for hydroxylation is 3. The molecule has 132 valence electrons. The number of hydrogen-bond acceptors (Lipinski definition) is 1. The van der Waals surface area contributed by atoms with E-state index >= 15 is 0 Å². The highest BCUT2D eigenvalue weighted by Crippen LogP contribution is 2.23. The summed E-state index contributed by atoms with van der Waals surface area (Å²) in [4.78, 5) is 12.8. The van der Waals surface area contributed by atoms with Crippen molar-refractivity contribution in [2.45, 2.75) is 33.2 Å². The first-order valence-corrected chi connectivity index (χ1v) is 9.00. The highest BCUT2D eigenvalue weighted by molar-refractivity contribution is 5.80. The Hall–Kier alpha value is -2.87. The molecular formula is C24H25NO. The fourth-order valence-electron chi connectivity index (χ4n) is 3.14. The van der Waals surface area contributed by atoms with Crippen LogP contribution in [0.15, 0.2) is 72.8 Å². The standard InChI is InChI=1S/C24H25NO/c1-17-10-13-21(14-11-17)24(20-7-5-4-6-8-20)25-23(26)16-22-15-18(2)9-12-19(22)3/h4-15,24H,16H2,1-3H3,(H,25,26)/t24-/m1/s1. The molecule has 0 heterocycles. The lowest BCUT2D eigenvalue weighted by molar-refractivity contribution is -0.120. The third kappa shape index (κ3) is 4.40. The van der Waals surface area contributed by atoms with E-state index in [1.807, 2.05) is 18.2 Å². The lowest BCUT2D eigenvalue weighted by atomic mass is 9.97. The van der Waals surface area contributed by atoms with Gasteiger partial charge in [-0.05, 0) is 43.0 Å². The molecule has 1 atom stereocenters. The fraction of sp³-hybridized carbons (Fsp3) is 0.208. The van der Waals surface area contributed by atoms with Crippen molar-refractivity contribution in [1.82, 2.24) is 5.32 Å². The number of benzene rings is 3. The van der Waals surface area contributed by atoms with Gasteiger partial charge in [-0.25, -0.2) is 0 Å². The molecule has 1 amide bonds. The van der Waals surface area contributed by atoms with Gasteiger partial charge >= 0.3 is 0 Å². The summed E-state index contributed by atoms with van der Waals surface area (Å²) < 4.78 is 0. The van der Waals surface area contributed by atoms with Crippen molar-refractivity contribution >= 4 is 5.91 Å². The zero-order valence-corrected chi connectivity index (χ0v) is 15.6. The van der Waals surface area contributed by atoms with Gasteiger partial charge in [-0.2, -0.15) is 0 Å². The highest BCUT2D eigenvalue weighted by atomic mass is 16.1. The average Bonchev–Trinajstić information content (AvgIpc) is 2.64. The minimum Gasteiger partial charge on any atom is -0.345 e. The Morgan fingerprint density at radius 1 is 0.808 bits per heavy atom. The largest absolute Gasteiger partial charge is 0.345 e. The Balaban J connectivity index is 1.84. The summed E-state index contributed by atoms with van der Waals surface area (Å²) in [6, 6.07) is 24.6. The van der Waals surface area contributed by atoms with Crippen molar-refractivity contribution in [3.8, 4) is 0 Å². The summed E-state index contributed by atoms with van der Waals surface area (Å²) in [7, 11) is 0. The lowest BCUT2D eigenvalue weighted by Gasteiger charge is -2.20. The molecule has 0 aliphatic rings. The van der Waals surface area contributed by atoms with Gasteiger partial charge in [0.25, 0.3) is 0 Å². The lowest BCUT2D eigenvalue weighted by Crippen LogP contribution is -2.30. The normalized spacial score (nSPS) is 11.8. The van der Waals surface area contributed by atoms with Crippen molar-refractivity contribution in [2.75, 3.05) is 0 Å². The first-order chi connectivity index (χ1) is 12.5. The Bertz CT molecular complexity index is 882. The van der Waals surface area contributed by atoms with Crippen LogP contribution in [0.4, 0.5) is 0 Å². The van der Waals surface area contributed by atoms with E-state index < -0.39 is 0 Å². The molecule has 2 nitrogen and oxygen atoms in total. The molecule has 2 heteroatoms.